The first kappa shape index (κ1) is 15.0. The molecule has 2 rings (SSSR count). The first-order valence-electron chi connectivity index (χ1n) is 7.25. The molecule has 1 amide bonds. The average molecular weight is 280 g/mol. The van der Waals surface area contributed by atoms with Gasteiger partial charge in [0.05, 0.1) is 5.69 Å². The van der Waals surface area contributed by atoms with Crippen molar-refractivity contribution in [1.82, 2.24) is 20.0 Å². The monoisotopic (exact) mass is 280 g/mol. The Labute approximate surface area is 120 Å². The minimum absolute atomic E-state index is 0.0926. The lowest BCUT2D eigenvalue weighted by atomic mass is 10.0. The van der Waals surface area contributed by atoms with E-state index in [-0.39, 0.29) is 12.5 Å². The quantitative estimate of drug-likeness (QED) is 0.830. The number of aryl methyl sites for hydroxylation is 1. The second-order valence-electron chi connectivity index (χ2n) is 5.11. The van der Waals surface area contributed by atoms with Crippen LogP contribution in [0.4, 0.5) is 0 Å². The Balaban J connectivity index is 1.73. The van der Waals surface area contributed by atoms with Crippen LogP contribution < -0.4 is 5.32 Å². The molecule has 1 saturated heterocycles. The number of ether oxygens (including phenoxy) is 1. The third kappa shape index (κ3) is 3.80. The maximum Gasteiger partial charge on any atom is 0.248 e. The van der Waals surface area contributed by atoms with Crippen molar-refractivity contribution in [3.8, 4) is 0 Å². The molecule has 1 aliphatic heterocycles. The molecule has 0 radical (unpaired) electrons. The van der Waals surface area contributed by atoms with E-state index in [1.54, 1.807) is 7.11 Å². The number of rotatable bonds is 6. The number of carbonyl (C=O) groups is 1. The lowest BCUT2D eigenvalue weighted by Crippen LogP contribution is -2.45. The summed E-state index contributed by atoms with van der Waals surface area (Å²) >= 11 is 0. The van der Waals surface area contributed by atoms with Gasteiger partial charge in [0.1, 0.15) is 6.61 Å². The average Bonchev–Trinajstić information content (AvgIpc) is 2.93. The number of carbonyl (C=O) groups excluding carboxylic acids is 1. The van der Waals surface area contributed by atoms with Crippen LogP contribution in [0, 0.1) is 0 Å². The Morgan fingerprint density at radius 3 is 2.90 bits per heavy atom. The molecule has 0 unspecified atom stereocenters. The second-order valence-corrected chi connectivity index (χ2v) is 5.11. The van der Waals surface area contributed by atoms with Gasteiger partial charge < -0.3 is 15.0 Å². The highest BCUT2D eigenvalue weighted by molar-refractivity contribution is 5.77. The van der Waals surface area contributed by atoms with Crippen LogP contribution in [0.15, 0.2) is 12.3 Å². The zero-order chi connectivity index (χ0) is 14.4. The van der Waals surface area contributed by atoms with Gasteiger partial charge in [0, 0.05) is 45.5 Å². The summed E-state index contributed by atoms with van der Waals surface area (Å²) in [5.74, 6) is 0.0926. The van der Waals surface area contributed by atoms with Crippen LogP contribution in [0.1, 0.15) is 25.5 Å². The first-order valence-corrected chi connectivity index (χ1v) is 7.25. The van der Waals surface area contributed by atoms with Gasteiger partial charge >= 0.3 is 0 Å². The van der Waals surface area contributed by atoms with Crippen LogP contribution in [0.25, 0.3) is 0 Å². The smallest absolute Gasteiger partial charge is 0.248 e. The molecule has 0 aliphatic carbocycles. The molecule has 1 aromatic rings. The van der Waals surface area contributed by atoms with Gasteiger partial charge in [-0.2, -0.15) is 5.10 Å². The fourth-order valence-corrected chi connectivity index (χ4v) is 2.59. The maximum absolute atomic E-state index is 11.7. The molecule has 1 aliphatic rings. The van der Waals surface area contributed by atoms with E-state index in [0.717, 1.165) is 39.0 Å². The summed E-state index contributed by atoms with van der Waals surface area (Å²) in [5.41, 5.74) is 1.21. The Kier molecular flexibility index (Phi) is 5.55. The molecule has 1 aromatic heterocycles. The zero-order valence-corrected chi connectivity index (χ0v) is 12.3. The number of hydrogen-bond donors (Lipinski definition) is 1. The Morgan fingerprint density at radius 2 is 2.25 bits per heavy atom. The topological polar surface area (TPSA) is 59.4 Å². The van der Waals surface area contributed by atoms with Crippen LogP contribution in [-0.2, 0) is 22.6 Å². The largest absolute Gasteiger partial charge is 0.375 e. The van der Waals surface area contributed by atoms with Crippen molar-refractivity contribution in [2.45, 2.75) is 38.9 Å². The summed E-state index contributed by atoms with van der Waals surface area (Å²) < 4.78 is 6.89. The van der Waals surface area contributed by atoms with Gasteiger partial charge in [0.2, 0.25) is 5.91 Å². The molecule has 1 fully saturated rings. The molecule has 2 heterocycles. The van der Waals surface area contributed by atoms with Crippen LogP contribution in [-0.4, -0.2) is 53.4 Å². The highest BCUT2D eigenvalue weighted by Crippen LogP contribution is 2.11. The van der Waals surface area contributed by atoms with Gasteiger partial charge in [-0.1, -0.05) is 0 Å². The predicted molar refractivity (Wildman–Crippen MR) is 76.2 cm³/mol. The van der Waals surface area contributed by atoms with Crippen LogP contribution >= 0.6 is 0 Å². The van der Waals surface area contributed by atoms with Gasteiger partial charge in [0.15, 0.2) is 0 Å². The first-order chi connectivity index (χ1) is 9.74. The predicted octanol–water partition coefficient (Wildman–Crippen LogP) is 0.630. The van der Waals surface area contributed by atoms with Gasteiger partial charge in [-0.3, -0.25) is 9.48 Å². The van der Waals surface area contributed by atoms with Gasteiger partial charge in [0.25, 0.3) is 0 Å². The van der Waals surface area contributed by atoms with Gasteiger partial charge in [-0.15, -0.1) is 0 Å². The number of hydrogen-bond acceptors (Lipinski definition) is 4. The number of nitrogens with zero attached hydrogens (tertiary/aromatic N) is 3. The summed E-state index contributed by atoms with van der Waals surface area (Å²) in [6.07, 6.45) is 3.83. The molecule has 1 N–H and O–H groups in total. The molecule has 0 saturated carbocycles. The van der Waals surface area contributed by atoms with Crippen LogP contribution in [0.3, 0.4) is 0 Å². The summed E-state index contributed by atoms with van der Waals surface area (Å²) in [7, 11) is 1.56. The minimum atomic E-state index is 0.0926. The molecule has 112 valence electrons. The van der Waals surface area contributed by atoms with Crippen molar-refractivity contribution >= 4 is 5.91 Å². The molecule has 6 nitrogen and oxygen atoms in total. The molecule has 0 bridgehead atoms. The molecular weight excluding hydrogens is 256 g/mol. The van der Waals surface area contributed by atoms with E-state index >= 15 is 0 Å². The number of aromatic nitrogens is 2. The molecule has 6 heteroatoms. The highest BCUT2D eigenvalue weighted by atomic mass is 16.5. The molecule has 0 aromatic carbocycles. The lowest BCUT2D eigenvalue weighted by Gasteiger charge is -2.32. The standard InChI is InChI=1S/C14H24N4O2/c1-3-18-13(4-7-16-18)10-15-12-5-8-17(9-6-12)14(19)11-20-2/h4,7,12,15H,3,5-6,8-11H2,1-2H3. The van der Waals surface area contributed by atoms with Crippen molar-refractivity contribution in [2.24, 2.45) is 0 Å². The summed E-state index contributed by atoms with van der Waals surface area (Å²) in [6.45, 7) is 5.64. The minimum Gasteiger partial charge on any atom is -0.375 e. The van der Waals surface area contributed by atoms with Crippen molar-refractivity contribution in [2.75, 3.05) is 26.8 Å². The van der Waals surface area contributed by atoms with Crippen LogP contribution in [0.5, 0.6) is 0 Å². The van der Waals surface area contributed by atoms with E-state index in [0.29, 0.717) is 6.04 Å². The summed E-state index contributed by atoms with van der Waals surface area (Å²) in [4.78, 5) is 13.6. The summed E-state index contributed by atoms with van der Waals surface area (Å²) in [6, 6.07) is 2.52. The zero-order valence-electron chi connectivity index (χ0n) is 12.3. The molecule has 0 atom stereocenters. The van der Waals surface area contributed by atoms with Crippen molar-refractivity contribution in [1.29, 1.82) is 0 Å². The van der Waals surface area contributed by atoms with Crippen molar-refractivity contribution < 1.29 is 9.53 Å². The number of likely N-dealkylation sites (tertiary alicyclic amines) is 1. The fraction of sp³-hybridized carbons (Fsp3) is 0.714. The third-order valence-electron chi connectivity index (χ3n) is 3.79. The molecule has 0 spiro atoms. The second kappa shape index (κ2) is 7.40. The number of methoxy groups -OCH3 is 1. The number of amides is 1. The third-order valence-corrected chi connectivity index (χ3v) is 3.79. The Morgan fingerprint density at radius 1 is 1.50 bits per heavy atom. The molecular formula is C14H24N4O2. The SMILES string of the molecule is CCn1nccc1CNC1CCN(C(=O)COC)CC1. The van der Waals surface area contributed by atoms with Gasteiger partial charge in [-0.25, -0.2) is 0 Å². The van der Waals surface area contributed by atoms with E-state index in [1.807, 2.05) is 21.8 Å². The Bertz CT molecular complexity index is 425. The van der Waals surface area contributed by atoms with E-state index in [1.165, 1.54) is 5.69 Å². The van der Waals surface area contributed by atoms with E-state index in [4.69, 9.17) is 4.74 Å². The molecule has 20 heavy (non-hydrogen) atoms. The Hall–Kier alpha value is -1.40. The highest BCUT2D eigenvalue weighted by Gasteiger charge is 2.22. The van der Waals surface area contributed by atoms with Crippen molar-refractivity contribution in [3.05, 3.63) is 18.0 Å². The summed E-state index contributed by atoms with van der Waals surface area (Å²) in [5, 5.41) is 7.82. The maximum atomic E-state index is 11.7. The van der Waals surface area contributed by atoms with Crippen LogP contribution in [0.2, 0.25) is 0 Å². The normalized spacial score (nSPS) is 16.6. The van der Waals surface area contributed by atoms with Crippen molar-refractivity contribution in [3.63, 3.8) is 0 Å². The van der Waals surface area contributed by atoms with Gasteiger partial charge in [-0.05, 0) is 25.8 Å². The number of nitrogens with one attached hydrogen (secondary N) is 1. The fourth-order valence-electron chi connectivity index (χ4n) is 2.59. The van der Waals surface area contributed by atoms with E-state index in [9.17, 15) is 4.79 Å². The lowest BCUT2D eigenvalue weighted by molar-refractivity contribution is -0.136. The van der Waals surface area contributed by atoms with E-state index < -0.39 is 0 Å². The van der Waals surface area contributed by atoms with E-state index in [2.05, 4.69) is 17.3 Å². The number of piperidine rings is 1.